The lowest BCUT2D eigenvalue weighted by Crippen LogP contribution is -2.39. The molecule has 0 amide bonds. The van der Waals surface area contributed by atoms with Gasteiger partial charge in [-0.3, -0.25) is 4.99 Å². The van der Waals surface area contributed by atoms with Gasteiger partial charge in [0.15, 0.2) is 0 Å². The van der Waals surface area contributed by atoms with Gasteiger partial charge in [-0.05, 0) is 6.42 Å². The van der Waals surface area contributed by atoms with E-state index in [0.29, 0.717) is 11.8 Å². The first kappa shape index (κ1) is 8.20. The number of nitrogens with zero attached hydrogens (tertiary/aromatic N) is 2. The Morgan fingerprint density at radius 3 is 2.73 bits per heavy atom. The van der Waals surface area contributed by atoms with Crippen LogP contribution in [0.25, 0.3) is 0 Å². The summed E-state index contributed by atoms with van der Waals surface area (Å²) in [7, 11) is 1.73. The summed E-state index contributed by atoms with van der Waals surface area (Å²) in [5.41, 5.74) is 12.1. The van der Waals surface area contributed by atoms with Crippen LogP contribution in [-0.2, 0) is 0 Å². The number of hydrogen-bond donors (Lipinski definition) is 2. The van der Waals surface area contributed by atoms with Crippen LogP contribution in [-0.4, -0.2) is 24.8 Å². The lowest BCUT2D eigenvalue weighted by Gasteiger charge is -2.22. The number of rotatable bonds is 0. The van der Waals surface area contributed by atoms with Crippen molar-refractivity contribution in [2.45, 2.75) is 19.5 Å². The Morgan fingerprint density at radius 1 is 1.64 bits per heavy atom. The predicted octanol–water partition coefficient (Wildman–Crippen LogP) is -0.261. The highest BCUT2D eigenvalue weighted by molar-refractivity contribution is 6.41. The van der Waals surface area contributed by atoms with Crippen LogP contribution in [0, 0.1) is 5.92 Å². The van der Waals surface area contributed by atoms with Crippen molar-refractivity contribution >= 4 is 11.5 Å². The molecule has 0 fully saturated rings. The van der Waals surface area contributed by atoms with E-state index < -0.39 is 0 Å². The molecule has 1 aliphatic rings. The Balaban J connectivity index is 2.89. The molecule has 0 aromatic carbocycles. The summed E-state index contributed by atoms with van der Waals surface area (Å²) < 4.78 is 0. The molecule has 0 aliphatic carbocycles. The summed E-state index contributed by atoms with van der Waals surface area (Å²) >= 11 is 0. The van der Waals surface area contributed by atoms with Crippen LogP contribution in [0.1, 0.15) is 13.3 Å². The molecular weight excluding hydrogens is 140 g/mol. The standard InChI is InChI=1S/C7H14N4/c1-4-3-5(8)11-7(9)6(4)10-2/h4-5H,3,8H2,1-2H3,(H2,9,11). The largest absolute Gasteiger partial charge is 0.382 e. The Hall–Kier alpha value is -0.900. The molecule has 0 aromatic heterocycles. The fourth-order valence-electron chi connectivity index (χ4n) is 1.36. The van der Waals surface area contributed by atoms with Gasteiger partial charge in [-0.2, -0.15) is 0 Å². The molecule has 1 aliphatic heterocycles. The van der Waals surface area contributed by atoms with Crippen LogP contribution in [0.15, 0.2) is 9.98 Å². The van der Waals surface area contributed by atoms with Crippen molar-refractivity contribution in [3.8, 4) is 0 Å². The van der Waals surface area contributed by atoms with E-state index in [2.05, 4.69) is 16.9 Å². The quantitative estimate of drug-likeness (QED) is 0.504. The van der Waals surface area contributed by atoms with Gasteiger partial charge in [-0.25, -0.2) is 4.99 Å². The average Bonchev–Trinajstić information content (AvgIpc) is 1.85. The van der Waals surface area contributed by atoms with Gasteiger partial charge in [0.25, 0.3) is 0 Å². The fourth-order valence-corrected chi connectivity index (χ4v) is 1.36. The zero-order valence-corrected chi connectivity index (χ0v) is 6.91. The van der Waals surface area contributed by atoms with Crippen LogP contribution >= 0.6 is 0 Å². The Kier molecular flexibility index (Phi) is 2.24. The summed E-state index contributed by atoms with van der Waals surface area (Å²) in [4.78, 5) is 8.08. The van der Waals surface area contributed by atoms with Crippen molar-refractivity contribution in [1.82, 2.24) is 0 Å². The summed E-state index contributed by atoms with van der Waals surface area (Å²) in [6.07, 6.45) is 0.698. The van der Waals surface area contributed by atoms with Crippen molar-refractivity contribution in [1.29, 1.82) is 0 Å². The van der Waals surface area contributed by atoms with Gasteiger partial charge in [-0.1, -0.05) is 6.92 Å². The highest BCUT2D eigenvalue weighted by atomic mass is 15.0. The molecule has 0 bridgehead atoms. The molecule has 62 valence electrons. The van der Waals surface area contributed by atoms with E-state index in [0.717, 1.165) is 12.1 Å². The van der Waals surface area contributed by atoms with Gasteiger partial charge >= 0.3 is 0 Å². The van der Waals surface area contributed by atoms with Gasteiger partial charge < -0.3 is 11.5 Å². The summed E-state index contributed by atoms with van der Waals surface area (Å²) in [5.74, 6) is 0.839. The second-order valence-corrected chi connectivity index (χ2v) is 2.83. The summed E-state index contributed by atoms with van der Waals surface area (Å²) in [5, 5.41) is 0. The molecular formula is C7H14N4. The normalized spacial score (nSPS) is 35.5. The molecule has 2 unspecified atom stereocenters. The highest BCUT2D eigenvalue weighted by Gasteiger charge is 2.22. The van der Waals surface area contributed by atoms with Gasteiger partial charge in [0.2, 0.25) is 0 Å². The SMILES string of the molecule is CN=C1C(N)=NC(N)CC1C. The number of nitrogens with two attached hydrogens (primary N) is 2. The van der Waals surface area contributed by atoms with Crippen molar-refractivity contribution in [2.24, 2.45) is 27.4 Å². The number of amidine groups is 1. The van der Waals surface area contributed by atoms with E-state index >= 15 is 0 Å². The topological polar surface area (TPSA) is 76.8 Å². The molecule has 4 N–H and O–H groups in total. The molecule has 0 aromatic rings. The van der Waals surface area contributed by atoms with Crippen LogP contribution < -0.4 is 11.5 Å². The van der Waals surface area contributed by atoms with Crippen LogP contribution in [0.4, 0.5) is 0 Å². The summed E-state index contributed by atoms with van der Waals surface area (Å²) in [6.45, 7) is 2.06. The number of hydrogen-bond acceptors (Lipinski definition) is 4. The maximum Gasteiger partial charge on any atom is 0.141 e. The van der Waals surface area contributed by atoms with Crippen molar-refractivity contribution in [2.75, 3.05) is 7.05 Å². The van der Waals surface area contributed by atoms with Crippen molar-refractivity contribution < 1.29 is 0 Å². The monoisotopic (exact) mass is 154 g/mol. The molecule has 0 saturated carbocycles. The van der Waals surface area contributed by atoms with E-state index in [4.69, 9.17) is 11.5 Å². The first-order valence-corrected chi connectivity index (χ1v) is 3.71. The van der Waals surface area contributed by atoms with Crippen LogP contribution in [0.5, 0.6) is 0 Å². The molecule has 1 heterocycles. The molecule has 11 heavy (non-hydrogen) atoms. The predicted molar refractivity (Wildman–Crippen MR) is 46.7 cm³/mol. The lowest BCUT2D eigenvalue weighted by molar-refractivity contribution is 0.557. The van der Waals surface area contributed by atoms with Gasteiger partial charge in [0.1, 0.15) is 5.84 Å². The minimum atomic E-state index is -0.143. The van der Waals surface area contributed by atoms with E-state index in [9.17, 15) is 0 Å². The highest BCUT2D eigenvalue weighted by Crippen LogP contribution is 2.13. The smallest absolute Gasteiger partial charge is 0.141 e. The zero-order chi connectivity index (χ0) is 8.43. The maximum absolute atomic E-state index is 5.61. The lowest BCUT2D eigenvalue weighted by atomic mass is 9.96. The Morgan fingerprint density at radius 2 is 2.27 bits per heavy atom. The maximum atomic E-state index is 5.61. The second-order valence-electron chi connectivity index (χ2n) is 2.83. The third kappa shape index (κ3) is 1.57. The van der Waals surface area contributed by atoms with Crippen molar-refractivity contribution in [3.63, 3.8) is 0 Å². The molecule has 4 heteroatoms. The van der Waals surface area contributed by atoms with Crippen molar-refractivity contribution in [3.05, 3.63) is 0 Å². The van der Waals surface area contributed by atoms with E-state index in [1.807, 2.05) is 0 Å². The third-order valence-corrected chi connectivity index (χ3v) is 1.87. The first-order chi connectivity index (χ1) is 5.15. The molecule has 0 radical (unpaired) electrons. The molecule has 1 rings (SSSR count). The molecule has 4 nitrogen and oxygen atoms in total. The second kappa shape index (κ2) is 3.00. The first-order valence-electron chi connectivity index (χ1n) is 3.71. The number of aliphatic imine (C=N–C) groups is 2. The third-order valence-electron chi connectivity index (χ3n) is 1.87. The van der Waals surface area contributed by atoms with E-state index in [1.54, 1.807) is 7.05 Å². The molecule has 2 atom stereocenters. The van der Waals surface area contributed by atoms with Gasteiger partial charge in [-0.15, -0.1) is 0 Å². The van der Waals surface area contributed by atoms with Crippen LogP contribution in [0.2, 0.25) is 0 Å². The summed E-state index contributed by atoms with van der Waals surface area (Å²) in [6, 6.07) is 0. The minimum absolute atomic E-state index is 0.143. The minimum Gasteiger partial charge on any atom is -0.382 e. The van der Waals surface area contributed by atoms with Gasteiger partial charge in [0, 0.05) is 13.0 Å². The molecule has 0 spiro atoms. The fraction of sp³-hybridized carbons (Fsp3) is 0.714. The average molecular weight is 154 g/mol. The van der Waals surface area contributed by atoms with Crippen LogP contribution in [0.3, 0.4) is 0 Å². The Bertz CT molecular complexity index is 206. The van der Waals surface area contributed by atoms with E-state index in [1.165, 1.54) is 0 Å². The molecule has 0 saturated heterocycles. The zero-order valence-electron chi connectivity index (χ0n) is 6.91. The van der Waals surface area contributed by atoms with E-state index in [-0.39, 0.29) is 6.17 Å². The Labute approximate surface area is 66.4 Å². The van der Waals surface area contributed by atoms with Gasteiger partial charge in [0.05, 0.1) is 11.9 Å².